The Morgan fingerprint density at radius 2 is 1.79 bits per heavy atom. The summed E-state index contributed by atoms with van der Waals surface area (Å²) in [5.41, 5.74) is 2.51. The Morgan fingerprint density at radius 3 is 2.29 bits per heavy atom. The van der Waals surface area contributed by atoms with Crippen LogP contribution in [0.5, 0.6) is 0 Å². The largest absolute Gasteiger partial charge is 0.353 e. The van der Waals surface area contributed by atoms with Gasteiger partial charge in [0.15, 0.2) is 9.84 Å². The van der Waals surface area contributed by atoms with Gasteiger partial charge in [-0.2, -0.15) is 0 Å². The molecule has 1 aliphatic rings. The van der Waals surface area contributed by atoms with Crippen LogP contribution in [0.3, 0.4) is 0 Å². The van der Waals surface area contributed by atoms with E-state index in [4.69, 9.17) is 0 Å². The number of rotatable bonds is 4. The van der Waals surface area contributed by atoms with E-state index in [1.165, 1.54) is 24.8 Å². The fourth-order valence-electron chi connectivity index (χ4n) is 3.13. The third-order valence-electron chi connectivity index (χ3n) is 4.80. The van der Waals surface area contributed by atoms with Crippen LogP contribution in [-0.4, -0.2) is 32.2 Å². The minimum atomic E-state index is -3.23. The lowest BCUT2D eigenvalue weighted by atomic mass is 9.81. The normalized spacial score (nSPS) is 15.1. The van der Waals surface area contributed by atoms with Gasteiger partial charge in [-0.1, -0.05) is 6.42 Å². The molecule has 0 radical (unpaired) electrons. The zero-order chi connectivity index (χ0) is 17.5. The standard InChI is InChI=1S/C18H22N2O3S/c1-19-12-11-16(17(19)13-5-4-6-13)18(21)20(2)14-7-9-15(10-8-14)24(3,22)23/h7-13H,4-6H2,1-3H3. The number of sulfone groups is 1. The summed E-state index contributed by atoms with van der Waals surface area (Å²) in [7, 11) is 0.460. The number of anilines is 1. The molecule has 0 saturated heterocycles. The Labute approximate surface area is 142 Å². The maximum absolute atomic E-state index is 12.9. The first kappa shape index (κ1) is 16.8. The molecular weight excluding hydrogens is 324 g/mol. The molecule has 1 heterocycles. The van der Waals surface area contributed by atoms with Crippen molar-refractivity contribution in [2.45, 2.75) is 30.1 Å². The zero-order valence-corrected chi connectivity index (χ0v) is 15.0. The molecule has 1 aliphatic carbocycles. The average Bonchev–Trinajstić information content (AvgIpc) is 2.85. The highest BCUT2D eigenvalue weighted by atomic mass is 32.2. The van der Waals surface area contributed by atoms with E-state index in [0.717, 1.165) is 24.1 Å². The van der Waals surface area contributed by atoms with Crippen LogP contribution in [0.15, 0.2) is 41.4 Å². The van der Waals surface area contributed by atoms with E-state index in [1.807, 2.05) is 23.9 Å². The van der Waals surface area contributed by atoms with Crippen LogP contribution >= 0.6 is 0 Å². The van der Waals surface area contributed by atoms with Crippen molar-refractivity contribution < 1.29 is 13.2 Å². The van der Waals surface area contributed by atoms with E-state index in [2.05, 4.69) is 0 Å². The summed E-state index contributed by atoms with van der Waals surface area (Å²) in [6, 6.07) is 8.27. The van der Waals surface area contributed by atoms with Gasteiger partial charge in [-0.25, -0.2) is 8.42 Å². The Bertz CT molecular complexity index is 862. The minimum absolute atomic E-state index is 0.0652. The Balaban J connectivity index is 1.88. The molecule has 5 nitrogen and oxygen atoms in total. The lowest BCUT2D eigenvalue weighted by Gasteiger charge is -2.28. The van der Waals surface area contributed by atoms with E-state index >= 15 is 0 Å². The Kier molecular flexibility index (Phi) is 4.25. The second-order valence-electron chi connectivity index (χ2n) is 6.48. The van der Waals surface area contributed by atoms with Crippen molar-refractivity contribution in [2.24, 2.45) is 7.05 Å². The van der Waals surface area contributed by atoms with Gasteiger partial charge in [0.2, 0.25) is 0 Å². The smallest absolute Gasteiger partial charge is 0.259 e. The lowest BCUT2D eigenvalue weighted by molar-refractivity contribution is 0.0990. The van der Waals surface area contributed by atoms with Gasteiger partial charge in [0.05, 0.1) is 10.5 Å². The van der Waals surface area contributed by atoms with Crippen LogP contribution in [-0.2, 0) is 16.9 Å². The molecule has 24 heavy (non-hydrogen) atoms. The summed E-state index contributed by atoms with van der Waals surface area (Å²) in [5.74, 6) is 0.398. The number of benzene rings is 1. The second kappa shape index (κ2) is 6.09. The maximum atomic E-state index is 12.9. The number of aromatic nitrogens is 1. The summed E-state index contributed by atoms with van der Waals surface area (Å²) in [5, 5.41) is 0. The highest BCUT2D eigenvalue weighted by molar-refractivity contribution is 7.90. The maximum Gasteiger partial charge on any atom is 0.259 e. The highest BCUT2D eigenvalue weighted by Crippen LogP contribution is 2.38. The predicted molar refractivity (Wildman–Crippen MR) is 94.3 cm³/mol. The number of hydrogen-bond donors (Lipinski definition) is 0. The zero-order valence-electron chi connectivity index (χ0n) is 14.2. The number of nitrogens with zero attached hydrogens (tertiary/aromatic N) is 2. The van der Waals surface area contributed by atoms with Crippen molar-refractivity contribution >= 4 is 21.4 Å². The molecule has 0 unspecified atom stereocenters. The van der Waals surface area contributed by atoms with Crippen LogP contribution < -0.4 is 4.90 Å². The number of carbonyl (C=O) groups is 1. The summed E-state index contributed by atoms with van der Waals surface area (Å²) in [6.07, 6.45) is 6.58. The Hall–Kier alpha value is -2.08. The molecule has 0 aliphatic heterocycles. The van der Waals surface area contributed by atoms with E-state index in [-0.39, 0.29) is 10.8 Å². The molecule has 1 aromatic carbocycles. The van der Waals surface area contributed by atoms with Crippen molar-refractivity contribution in [3.05, 3.63) is 47.8 Å². The predicted octanol–water partition coefficient (Wildman–Crippen LogP) is 2.97. The fourth-order valence-corrected chi connectivity index (χ4v) is 3.76. The lowest BCUT2D eigenvalue weighted by Crippen LogP contribution is -2.28. The quantitative estimate of drug-likeness (QED) is 0.855. The second-order valence-corrected chi connectivity index (χ2v) is 8.50. The van der Waals surface area contributed by atoms with Gasteiger partial charge < -0.3 is 9.47 Å². The molecule has 0 atom stereocenters. The molecule has 0 spiro atoms. The van der Waals surface area contributed by atoms with Crippen molar-refractivity contribution in [3.63, 3.8) is 0 Å². The third-order valence-corrected chi connectivity index (χ3v) is 5.93. The molecule has 0 N–H and O–H groups in total. The fraction of sp³-hybridized carbons (Fsp3) is 0.389. The van der Waals surface area contributed by atoms with Gasteiger partial charge in [-0.3, -0.25) is 4.79 Å². The van der Waals surface area contributed by atoms with E-state index in [0.29, 0.717) is 11.6 Å². The molecular formula is C18H22N2O3S. The number of carbonyl (C=O) groups excluding carboxylic acids is 1. The van der Waals surface area contributed by atoms with Crippen LogP contribution in [0.4, 0.5) is 5.69 Å². The topological polar surface area (TPSA) is 59.4 Å². The monoisotopic (exact) mass is 346 g/mol. The van der Waals surface area contributed by atoms with E-state index in [9.17, 15) is 13.2 Å². The van der Waals surface area contributed by atoms with Crippen molar-refractivity contribution in [1.82, 2.24) is 4.57 Å². The van der Waals surface area contributed by atoms with Crippen molar-refractivity contribution in [1.29, 1.82) is 0 Å². The summed E-state index contributed by atoms with van der Waals surface area (Å²) < 4.78 is 25.1. The first-order chi connectivity index (χ1) is 11.3. The molecule has 3 rings (SSSR count). The van der Waals surface area contributed by atoms with Crippen LogP contribution in [0, 0.1) is 0 Å². The SMILES string of the molecule is CN(C(=O)c1ccn(C)c1C1CCC1)c1ccc(S(C)(=O)=O)cc1. The minimum Gasteiger partial charge on any atom is -0.353 e. The third kappa shape index (κ3) is 2.98. The van der Waals surface area contributed by atoms with Crippen LogP contribution in [0.2, 0.25) is 0 Å². The van der Waals surface area contributed by atoms with Crippen LogP contribution in [0.1, 0.15) is 41.2 Å². The molecule has 6 heteroatoms. The van der Waals surface area contributed by atoms with Gasteiger partial charge >= 0.3 is 0 Å². The van der Waals surface area contributed by atoms with E-state index < -0.39 is 9.84 Å². The number of amides is 1. The molecule has 1 fully saturated rings. The summed E-state index contributed by atoms with van der Waals surface area (Å²) in [6.45, 7) is 0. The number of hydrogen-bond acceptors (Lipinski definition) is 3. The van der Waals surface area contributed by atoms with Crippen molar-refractivity contribution in [2.75, 3.05) is 18.2 Å². The van der Waals surface area contributed by atoms with Crippen LogP contribution in [0.25, 0.3) is 0 Å². The van der Waals surface area contributed by atoms with Gasteiger partial charge in [0, 0.05) is 37.9 Å². The van der Waals surface area contributed by atoms with Gasteiger partial charge in [0.1, 0.15) is 0 Å². The molecule has 1 saturated carbocycles. The molecule has 2 aromatic rings. The first-order valence-electron chi connectivity index (χ1n) is 8.02. The Morgan fingerprint density at radius 1 is 1.17 bits per heavy atom. The highest BCUT2D eigenvalue weighted by Gasteiger charge is 2.28. The number of aryl methyl sites for hydroxylation is 1. The van der Waals surface area contributed by atoms with Crippen molar-refractivity contribution in [3.8, 4) is 0 Å². The summed E-state index contributed by atoms with van der Waals surface area (Å²) in [4.78, 5) is 14.7. The molecule has 128 valence electrons. The summed E-state index contributed by atoms with van der Waals surface area (Å²) >= 11 is 0. The molecule has 1 aromatic heterocycles. The molecule has 1 amide bonds. The van der Waals surface area contributed by atoms with E-state index in [1.54, 1.807) is 24.1 Å². The molecule has 0 bridgehead atoms. The van der Waals surface area contributed by atoms with Gasteiger partial charge in [0.25, 0.3) is 5.91 Å². The van der Waals surface area contributed by atoms with Gasteiger partial charge in [-0.15, -0.1) is 0 Å². The first-order valence-corrected chi connectivity index (χ1v) is 9.91. The average molecular weight is 346 g/mol. The van der Waals surface area contributed by atoms with Gasteiger partial charge in [-0.05, 0) is 49.1 Å².